The van der Waals surface area contributed by atoms with Gasteiger partial charge in [-0.3, -0.25) is 0 Å². The third kappa shape index (κ3) is 2.91. The van der Waals surface area contributed by atoms with Crippen LogP contribution in [-0.4, -0.2) is 16.1 Å². The van der Waals surface area contributed by atoms with E-state index in [1.807, 2.05) is 0 Å². The maximum atomic E-state index is 12.9. The zero-order valence-electron chi connectivity index (χ0n) is 9.78. The zero-order chi connectivity index (χ0) is 14.9. The van der Waals surface area contributed by atoms with Gasteiger partial charge in [0.05, 0.1) is 16.8 Å². The van der Waals surface area contributed by atoms with Crippen molar-refractivity contribution >= 4 is 17.6 Å². The highest BCUT2D eigenvalue weighted by molar-refractivity contribution is 6.29. The van der Waals surface area contributed by atoms with Gasteiger partial charge < -0.3 is 5.11 Å². The molecule has 0 aliphatic heterocycles. The first-order chi connectivity index (χ1) is 9.29. The number of alkyl halides is 3. The van der Waals surface area contributed by atoms with E-state index in [4.69, 9.17) is 16.7 Å². The Hall–Kier alpha value is -2.08. The quantitative estimate of drug-likeness (QED) is 0.849. The maximum absolute atomic E-state index is 12.9. The van der Waals surface area contributed by atoms with E-state index in [1.165, 1.54) is 18.2 Å². The molecule has 0 fully saturated rings. The van der Waals surface area contributed by atoms with Gasteiger partial charge in [0.1, 0.15) is 5.15 Å². The highest BCUT2D eigenvalue weighted by atomic mass is 35.5. The van der Waals surface area contributed by atoms with Crippen LogP contribution >= 0.6 is 11.6 Å². The molecule has 0 bridgehead atoms. The summed E-state index contributed by atoms with van der Waals surface area (Å²) in [7, 11) is 0. The first kappa shape index (κ1) is 14.3. The van der Waals surface area contributed by atoms with E-state index in [2.05, 4.69) is 4.98 Å². The van der Waals surface area contributed by atoms with E-state index in [0.717, 1.165) is 18.2 Å². The van der Waals surface area contributed by atoms with Gasteiger partial charge in [-0.25, -0.2) is 9.78 Å². The molecule has 0 unspecified atom stereocenters. The Morgan fingerprint density at radius 2 is 1.85 bits per heavy atom. The molecule has 1 N–H and O–H groups in total. The lowest BCUT2D eigenvalue weighted by Gasteiger charge is -2.12. The Kier molecular flexibility index (Phi) is 3.67. The first-order valence-corrected chi connectivity index (χ1v) is 5.74. The molecule has 0 aliphatic carbocycles. The second-order valence-corrected chi connectivity index (χ2v) is 4.30. The Morgan fingerprint density at radius 1 is 1.20 bits per heavy atom. The summed E-state index contributed by atoms with van der Waals surface area (Å²) in [5, 5.41) is 8.72. The van der Waals surface area contributed by atoms with E-state index in [0.29, 0.717) is 0 Å². The number of pyridine rings is 1. The van der Waals surface area contributed by atoms with Crippen LogP contribution in [0.3, 0.4) is 0 Å². The smallest absolute Gasteiger partial charge is 0.417 e. The number of hydrogen-bond donors (Lipinski definition) is 1. The molecule has 20 heavy (non-hydrogen) atoms. The number of aromatic carboxylic acids is 1. The summed E-state index contributed by atoms with van der Waals surface area (Å²) in [6.07, 6.45) is -4.57. The van der Waals surface area contributed by atoms with Crippen molar-refractivity contribution in [3.05, 3.63) is 52.7 Å². The van der Waals surface area contributed by atoms with Crippen molar-refractivity contribution in [2.24, 2.45) is 0 Å². The monoisotopic (exact) mass is 301 g/mol. The Labute approximate surface area is 116 Å². The number of carboxylic acids is 1. The molecule has 0 spiro atoms. The molecule has 0 aliphatic rings. The number of aromatic nitrogens is 1. The van der Waals surface area contributed by atoms with Crippen LogP contribution in [0.1, 0.15) is 15.9 Å². The number of carboxylic acid groups (broad SMARTS) is 1. The van der Waals surface area contributed by atoms with Gasteiger partial charge in [0.25, 0.3) is 0 Å². The van der Waals surface area contributed by atoms with Crippen LogP contribution in [0.4, 0.5) is 13.2 Å². The molecule has 0 atom stereocenters. The molecule has 3 nitrogen and oxygen atoms in total. The minimum atomic E-state index is -4.57. The van der Waals surface area contributed by atoms with Crippen LogP contribution < -0.4 is 0 Å². The molecule has 7 heteroatoms. The van der Waals surface area contributed by atoms with Crippen LogP contribution in [0, 0.1) is 0 Å². The standard InChI is InChI=1S/C13H7ClF3NO2/c14-11-6-7(12(19)20)5-10(18-11)8-3-1-2-4-9(8)13(15,16)17/h1-6H,(H,19,20). The second kappa shape index (κ2) is 5.13. The second-order valence-electron chi connectivity index (χ2n) is 3.91. The lowest BCUT2D eigenvalue weighted by Crippen LogP contribution is -2.08. The van der Waals surface area contributed by atoms with E-state index >= 15 is 0 Å². The summed E-state index contributed by atoms with van der Waals surface area (Å²) >= 11 is 5.65. The summed E-state index contributed by atoms with van der Waals surface area (Å²) in [5.41, 5.74) is -1.48. The Bertz CT molecular complexity index is 671. The van der Waals surface area contributed by atoms with E-state index in [9.17, 15) is 18.0 Å². The number of carbonyl (C=O) groups is 1. The Balaban J connectivity index is 2.66. The lowest BCUT2D eigenvalue weighted by molar-refractivity contribution is -0.137. The van der Waals surface area contributed by atoms with Gasteiger partial charge in [-0.2, -0.15) is 13.2 Å². The van der Waals surface area contributed by atoms with Crippen molar-refractivity contribution in [3.8, 4) is 11.3 Å². The van der Waals surface area contributed by atoms with Crippen molar-refractivity contribution in [1.82, 2.24) is 4.98 Å². The van der Waals surface area contributed by atoms with E-state index < -0.39 is 17.7 Å². The summed E-state index contributed by atoms with van der Waals surface area (Å²) < 4.78 is 38.7. The third-order valence-electron chi connectivity index (χ3n) is 2.55. The molecule has 1 aromatic carbocycles. The van der Waals surface area contributed by atoms with Crippen molar-refractivity contribution in [1.29, 1.82) is 0 Å². The van der Waals surface area contributed by atoms with E-state index in [-0.39, 0.29) is 22.0 Å². The number of benzene rings is 1. The molecule has 0 saturated carbocycles. The Morgan fingerprint density at radius 3 is 2.45 bits per heavy atom. The lowest BCUT2D eigenvalue weighted by atomic mass is 10.0. The normalized spacial score (nSPS) is 11.4. The summed E-state index contributed by atoms with van der Waals surface area (Å²) in [6, 6.07) is 6.90. The largest absolute Gasteiger partial charge is 0.478 e. The van der Waals surface area contributed by atoms with Gasteiger partial charge >= 0.3 is 12.1 Å². The molecular formula is C13H7ClF3NO2. The topological polar surface area (TPSA) is 50.2 Å². The average Bonchev–Trinajstić information content (AvgIpc) is 2.37. The van der Waals surface area contributed by atoms with Crippen molar-refractivity contribution in [3.63, 3.8) is 0 Å². The van der Waals surface area contributed by atoms with Crippen LogP contribution in [0.5, 0.6) is 0 Å². The predicted molar refractivity (Wildman–Crippen MR) is 66.6 cm³/mol. The van der Waals surface area contributed by atoms with Gasteiger partial charge in [0.2, 0.25) is 0 Å². The number of rotatable bonds is 2. The molecular weight excluding hydrogens is 295 g/mol. The molecule has 0 saturated heterocycles. The average molecular weight is 302 g/mol. The van der Waals surface area contributed by atoms with Crippen LogP contribution in [0.2, 0.25) is 5.15 Å². The van der Waals surface area contributed by atoms with Crippen molar-refractivity contribution in [2.75, 3.05) is 0 Å². The summed E-state index contributed by atoms with van der Waals surface area (Å²) in [6.45, 7) is 0. The van der Waals surface area contributed by atoms with Crippen LogP contribution in [0.15, 0.2) is 36.4 Å². The fourth-order valence-corrected chi connectivity index (χ4v) is 1.92. The van der Waals surface area contributed by atoms with Gasteiger partial charge in [0, 0.05) is 5.56 Å². The predicted octanol–water partition coefficient (Wildman–Crippen LogP) is 4.12. The minimum Gasteiger partial charge on any atom is -0.478 e. The molecule has 1 aromatic heterocycles. The van der Waals surface area contributed by atoms with Crippen LogP contribution in [0.25, 0.3) is 11.3 Å². The molecule has 2 rings (SSSR count). The van der Waals surface area contributed by atoms with Gasteiger partial charge in [0.15, 0.2) is 0 Å². The zero-order valence-corrected chi connectivity index (χ0v) is 10.5. The van der Waals surface area contributed by atoms with Gasteiger partial charge in [-0.15, -0.1) is 0 Å². The summed E-state index contributed by atoms with van der Waals surface area (Å²) in [5.74, 6) is -1.29. The number of halogens is 4. The molecule has 2 aromatic rings. The highest BCUT2D eigenvalue weighted by Crippen LogP contribution is 2.36. The molecule has 104 valence electrons. The maximum Gasteiger partial charge on any atom is 0.417 e. The van der Waals surface area contributed by atoms with Crippen LogP contribution in [-0.2, 0) is 6.18 Å². The first-order valence-electron chi connectivity index (χ1n) is 5.36. The van der Waals surface area contributed by atoms with E-state index in [1.54, 1.807) is 0 Å². The number of hydrogen-bond acceptors (Lipinski definition) is 2. The molecule has 0 amide bonds. The number of nitrogens with zero attached hydrogens (tertiary/aromatic N) is 1. The highest BCUT2D eigenvalue weighted by Gasteiger charge is 2.33. The summed E-state index contributed by atoms with van der Waals surface area (Å²) in [4.78, 5) is 14.7. The molecule has 1 heterocycles. The molecule has 0 radical (unpaired) electrons. The van der Waals surface area contributed by atoms with Crippen molar-refractivity contribution < 1.29 is 23.1 Å². The SMILES string of the molecule is O=C(O)c1cc(Cl)nc(-c2ccccc2C(F)(F)F)c1. The third-order valence-corrected chi connectivity index (χ3v) is 2.74. The fraction of sp³-hybridized carbons (Fsp3) is 0.0769. The van der Waals surface area contributed by atoms with Crippen molar-refractivity contribution in [2.45, 2.75) is 6.18 Å². The van der Waals surface area contributed by atoms with Gasteiger partial charge in [-0.1, -0.05) is 29.8 Å². The fourth-order valence-electron chi connectivity index (χ4n) is 1.71. The van der Waals surface area contributed by atoms with Gasteiger partial charge in [-0.05, 0) is 18.2 Å². The minimum absolute atomic E-state index is 0.136.